The van der Waals surface area contributed by atoms with E-state index in [9.17, 15) is 4.79 Å². The highest BCUT2D eigenvalue weighted by Crippen LogP contribution is 2.18. The van der Waals surface area contributed by atoms with Gasteiger partial charge in [-0.15, -0.1) is 0 Å². The number of ether oxygens (including phenoxy) is 1. The van der Waals surface area contributed by atoms with Crippen LogP contribution in [-0.2, 0) is 11.3 Å². The summed E-state index contributed by atoms with van der Waals surface area (Å²) < 4.78 is 11.9. The zero-order valence-corrected chi connectivity index (χ0v) is 13.9. The summed E-state index contributed by atoms with van der Waals surface area (Å²) in [5, 5.41) is 8.48. The maximum Gasteiger partial charge on any atom is 0.342 e. The molecule has 1 aromatic carbocycles. The van der Waals surface area contributed by atoms with Gasteiger partial charge < -0.3 is 9.26 Å². The summed E-state index contributed by atoms with van der Waals surface area (Å²) in [5.74, 6) is 0.230. The van der Waals surface area contributed by atoms with Gasteiger partial charge in [0.2, 0.25) is 0 Å². The van der Waals surface area contributed by atoms with Crippen LogP contribution in [0.5, 0.6) is 0 Å². The third-order valence-electron chi connectivity index (χ3n) is 3.33. The zero-order valence-electron chi connectivity index (χ0n) is 13.1. The highest BCUT2D eigenvalue weighted by molar-refractivity contribution is 6.31. The van der Waals surface area contributed by atoms with Crippen molar-refractivity contribution < 1.29 is 14.1 Å². The van der Waals surface area contributed by atoms with Crippen LogP contribution in [0.15, 0.2) is 41.2 Å². The van der Waals surface area contributed by atoms with Crippen LogP contribution in [0.3, 0.4) is 0 Å². The van der Waals surface area contributed by atoms with Gasteiger partial charge in [-0.2, -0.15) is 10.1 Å². The minimum atomic E-state index is -0.634. The van der Waals surface area contributed by atoms with Crippen molar-refractivity contribution >= 4 is 17.6 Å². The Morgan fingerprint density at radius 2 is 2.21 bits per heavy atom. The van der Waals surface area contributed by atoms with Crippen molar-refractivity contribution in [2.75, 3.05) is 0 Å². The fraction of sp³-hybridized carbons (Fsp3) is 0.250. The van der Waals surface area contributed by atoms with E-state index in [0.717, 1.165) is 5.56 Å². The van der Waals surface area contributed by atoms with Gasteiger partial charge in [0.25, 0.3) is 5.89 Å². The fourth-order valence-corrected chi connectivity index (χ4v) is 2.31. The number of nitrogens with zero attached hydrogens (tertiary/aromatic N) is 4. The Kier molecular flexibility index (Phi) is 4.61. The lowest BCUT2D eigenvalue weighted by Gasteiger charge is -2.07. The Morgan fingerprint density at radius 1 is 1.42 bits per heavy atom. The Hall–Kier alpha value is -2.67. The molecule has 0 radical (unpaired) electrons. The minimum Gasteiger partial charge on any atom is -0.449 e. The first-order valence-corrected chi connectivity index (χ1v) is 7.68. The first-order valence-electron chi connectivity index (χ1n) is 7.30. The molecule has 2 heterocycles. The molecule has 0 aliphatic carbocycles. The average molecular weight is 347 g/mol. The summed E-state index contributed by atoms with van der Waals surface area (Å²) in [7, 11) is 0. The number of hydrogen-bond acceptors (Lipinski definition) is 6. The van der Waals surface area contributed by atoms with Crippen molar-refractivity contribution in [2.24, 2.45) is 0 Å². The molecule has 124 valence electrons. The van der Waals surface area contributed by atoms with Gasteiger partial charge in [0.05, 0.1) is 18.3 Å². The van der Waals surface area contributed by atoms with Gasteiger partial charge in [0.15, 0.2) is 11.9 Å². The van der Waals surface area contributed by atoms with Gasteiger partial charge in [-0.3, -0.25) is 4.68 Å². The third kappa shape index (κ3) is 3.62. The van der Waals surface area contributed by atoms with Crippen LogP contribution in [-0.4, -0.2) is 25.9 Å². The maximum atomic E-state index is 12.2. The summed E-state index contributed by atoms with van der Waals surface area (Å²) in [6, 6.07) is 7.47. The molecule has 1 atom stereocenters. The van der Waals surface area contributed by atoms with Crippen molar-refractivity contribution in [3.8, 4) is 0 Å². The molecule has 24 heavy (non-hydrogen) atoms. The first kappa shape index (κ1) is 16.2. The number of rotatable bonds is 5. The third-order valence-corrected chi connectivity index (χ3v) is 3.70. The number of carbonyl (C=O) groups is 1. The lowest BCUT2D eigenvalue weighted by atomic mass is 10.2. The fourth-order valence-electron chi connectivity index (χ4n) is 2.11. The summed E-state index contributed by atoms with van der Waals surface area (Å²) in [4.78, 5) is 16.2. The first-order chi connectivity index (χ1) is 11.5. The molecule has 0 spiro atoms. The lowest BCUT2D eigenvalue weighted by molar-refractivity contribution is 0.0265. The van der Waals surface area contributed by atoms with Crippen LogP contribution >= 0.6 is 11.6 Å². The zero-order chi connectivity index (χ0) is 17.1. The van der Waals surface area contributed by atoms with E-state index in [1.165, 1.54) is 6.20 Å². The Bertz CT molecular complexity index is 858. The summed E-state index contributed by atoms with van der Waals surface area (Å²) in [6.45, 7) is 3.82. The average Bonchev–Trinajstić information content (AvgIpc) is 3.19. The van der Waals surface area contributed by atoms with Crippen LogP contribution in [0.25, 0.3) is 0 Å². The van der Waals surface area contributed by atoms with Gasteiger partial charge in [0, 0.05) is 11.2 Å². The normalized spacial score (nSPS) is 12.1. The molecule has 0 aliphatic heterocycles. The van der Waals surface area contributed by atoms with E-state index >= 15 is 0 Å². The molecule has 0 saturated heterocycles. The summed E-state index contributed by atoms with van der Waals surface area (Å²) >= 11 is 6.13. The molecule has 0 aliphatic rings. The van der Waals surface area contributed by atoms with Gasteiger partial charge in [-0.1, -0.05) is 35.0 Å². The van der Waals surface area contributed by atoms with Crippen molar-refractivity contribution in [1.82, 2.24) is 19.9 Å². The molecule has 2 aromatic heterocycles. The molecule has 0 bridgehead atoms. The Morgan fingerprint density at radius 3 is 2.92 bits per heavy atom. The van der Waals surface area contributed by atoms with E-state index in [-0.39, 0.29) is 5.89 Å². The molecule has 0 fully saturated rings. The molecular weight excluding hydrogens is 332 g/mol. The van der Waals surface area contributed by atoms with Crippen LogP contribution in [0, 0.1) is 6.92 Å². The van der Waals surface area contributed by atoms with E-state index in [2.05, 4.69) is 15.2 Å². The molecule has 0 amide bonds. The Labute approximate surface area is 143 Å². The number of carbonyl (C=O) groups excluding carboxylic acids is 1. The van der Waals surface area contributed by atoms with Gasteiger partial charge in [-0.25, -0.2) is 4.79 Å². The highest BCUT2D eigenvalue weighted by atomic mass is 35.5. The van der Waals surface area contributed by atoms with Crippen molar-refractivity contribution in [1.29, 1.82) is 0 Å². The minimum absolute atomic E-state index is 0.254. The van der Waals surface area contributed by atoms with E-state index in [1.807, 2.05) is 24.3 Å². The van der Waals surface area contributed by atoms with Gasteiger partial charge in [0.1, 0.15) is 0 Å². The van der Waals surface area contributed by atoms with Crippen LogP contribution in [0.2, 0.25) is 5.02 Å². The smallest absolute Gasteiger partial charge is 0.342 e. The van der Waals surface area contributed by atoms with Gasteiger partial charge >= 0.3 is 5.97 Å². The van der Waals surface area contributed by atoms with Crippen LogP contribution in [0.1, 0.15) is 40.7 Å². The number of esters is 1. The van der Waals surface area contributed by atoms with Gasteiger partial charge in [-0.05, 0) is 25.5 Å². The lowest BCUT2D eigenvalue weighted by Crippen LogP contribution is -2.09. The van der Waals surface area contributed by atoms with Crippen molar-refractivity contribution in [2.45, 2.75) is 26.5 Å². The van der Waals surface area contributed by atoms with Crippen LogP contribution < -0.4 is 0 Å². The molecule has 3 rings (SSSR count). The summed E-state index contributed by atoms with van der Waals surface area (Å²) in [5.41, 5.74) is 1.25. The molecule has 3 aromatic rings. The second-order valence-corrected chi connectivity index (χ2v) is 5.65. The molecule has 0 saturated carbocycles. The number of aromatic nitrogens is 4. The molecule has 1 unspecified atom stereocenters. The highest BCUT2D eigenvalue weighted by Gasteiger charge is 2.20. The molecule has 8 heteroatoms. The topological polar surface area (TPSA) is 83.0 Å². The van der Waals surface area contributed by atoms with Crippen molar-refractivity contribution in [3.63, 3.8) is 0 Å². The van der Waals surface area contributed by atoms with E-state index in [1.54, 1.807) is 24.7 Å². The number of hydrogen-bond donors (Lipinski definition) is 0. The van der Waals surface area contributed by atoms with E-state index in [0.29, 0.717) is 23.0 Å². The van der Waals surface area contributed by atoms with Crippen molar-refractivity contribution in [3.05, 3.63) is 64.5 Å². The van der Waals surface area contributed by atoms with Crippen LogP contribution in [0.4, 0.5) is 0 Å². The quantitative estimate of drug-likeness (QED) is 0.660. The second-order valence-electron chi connectivity index (χ2n) is 5.25. The molecular formula is C16H15ClN4O3. The predicted molar refractivity (Wildman–Crippen MR) is 85.6 cm³/mol. The maximum absolute atomic E-state index is 12.2. The summed E-state index contributed by atoms with van der Waals surface area (Å²) in [6.07, 6.45) is 2.42. The molecule has 0 N–H and O–H groups in total. The monoisotopic (exact) mass is 346 g/mol. The predicted octanol–water partition coefficient (Wildman–Crippen LogP) is 3.19. The SMILES string of the molecule is Cc1noc(C(C)OC(=O)c2cnn(Cc3ccccc3Cl)c2)n1. The number of aryl methyl sites for hydroxylation is 1. The molecule has 7 nitrogen and oxygen atoms in total. The Balaban J connectivity index is 1.66. The van der Waals surface area contributed by atoms with E-state index < -0.39 is 12.1 Å². The largest absolute Gasteiger partial charge is 0.449 e. The second kappa shape index (κ2) is 6.84. The number of halogens is 1. The number of benzene rings is 1. The van der Waals surface area contributed by atoms with E-state index in [4.69, 9.17) is 20.9 Å². The standard InChI is InChI=1S/C16H15ClN4O3/c1-10(15-19-11(2)20-24-15)23-16(22)13-7-18-21(9-13)8-12-5-3-4-6-14(12)17/h3-7,9-10H,8H2,1-2H3.